The number of nitrogens with zero attached hydrogens (tertiary/aromatic N) is 1. The van der Waals surface area contributed by atoms with E-state index in [4.69, 9.17) is 4.74 Å². The van der Waals surface area contributed by atoms with Gasteiger partial charge in [-0.1, -0.05) is 12.1 Å². The van der Waals surface area contributed by atoms with Crippen molar-refractivity contribution >= 4 is 5.97 Å². The number of ether oxygens (including phenoxy) is 1. The van der Waals surface area contributed by atoms with Crippen molar-refractivity contribution in [1.29, 1.82) is 0 Å². The monoisotopic (exact) mass is 261 g/mol. The lowest BCUT2D eigenvalue weighted by Crippen LogP contribution is -2.35. The zero-order chi connectivity index (χ0) is 13.2. The van der Waals surface area contributed by atoms with E-state index in [-0.39, 0.29) is 0 Å². The summed E-state index contributed by atoms with van der Waals surface area (Å²) in [4.78, 5) is 13.6. The van der Waals surface area contributed by atoms with E-state index in [9.17, 15) is 9.90 Å². The summed E-state index contributed by atoms with van der Waals surface area (Å²) in [6.07, 6.45) is 1.99. The normalized spacial score (nSPS) is 23.3. The van der Waals surface area contributed by atoms with E-state index >= 15 is 0 Å². The molecule has 1 fully saturated rings. The Labute approximate surface area is 113 Å². The molecule has 0 amide bonds. The Bertz CT molecular complexity index is 480. The smallest absolute Gasteiger partial charge is 0.335 e. The molecule has 102 valence electrons. The molecule has 2 heterocycles. The first-order valence-electron chi connectivity index (χ1n) is 6.88. The number of carboxylic acids is 1. The van der Waals surface area contributed by atoms with Gasteiger partial charge in [-0.05, 0) is 36.0 Å². The van der Waals surface area contributed by atoms with E-state index in [1.54, 1.807) is 6.07 Å². The molecule has 1 atom stereocenters. The first-order chi connectivity index (χ1) is 9.24. The van der Waals surface area contributed by atoms with E-state index in [0.717, 1.165) is 51.3 Å². The molecular formula is C15H19NO3. The van der Waals surface area contributed by atoms with Gasteiger partial charge in [0.2, 0.25) is 0 Å². The van der Waals surface area contributed by atoms with Crippen molar-refractivity contribution in [2.45, 2.75) is 19.4 Å². The van der Waals surface area contributed by atoms with Gasteiger partial charge in [-0.2, -0.15) is 0 Å². The molecule has 1 aromatic carbocycles. The van der Waals surface area contributed by atoms with Crippen LogP contribution in [0, 0.1) is 5.92 Å². The fourth-order valence-electron chi connectivity index (χ4n) is 3.12. The predicted octanol–water partition coefficient (Wildman–Crippen LogP) is 1.78. The first kappa shape index (κ1) is 12.6. The van der Waals surface area contributed by atoms with Crippen LogP contribution in [0.25, 0.3) is 0 Å². The van der Waals surface area contributed by atoms with E-state index in [1.807, 2.05) is 6.07 Å². The molecule has 0 spiro atoms. The lowest BCUT2D eigenvalue weighted by Gasteiger charge is -2.31. The molecule has 1 saturated heterocycles. The minimum Gasteiger partial charge on any atom is -0.478 e. The van der Waals surface area contributed by atoms with Crippen LogP contribution in [0.2, 0.25) is 0 Å². The summed E-state index contributed by atoms with van der Waals surface area (Å²) in [7, 11) is 0. The molecule has 0 bridgehead atoms. The predicted molar refractivity (Wildman–Crippen MR) is 71.3 cm³/mol. The summed E-state index contributed by atoms with van der Waals surface area (Å²) >= 11 is 0. The maximum absolute atomic E-state index is 11.2. The van der Waals surface area contributed by atoms with Crippen molar-refractivity contribution in [2.24, 2.45) is 5.92 Å². The van der Waals surface area contributed by atoms with Gasteiger partial charge in [0.1, 0.15) is 0 Å². The Hall–Kier alpha value is -1.39. The molecule has 2 aliphatic heterocycles. The van der Waals surface area contributed by atoms with Crippen LogP contribution < -0.4 is 0 Å². The summed E-state index contributed by atoms with van der Waals surface area (Å²) in [6, 6.07) is 5.62. The third-order valence-electron chi connectivity index (χ3n) is 4.12. The fourth-order valence-corrected chi connectivity index (χ4v) is 3.12. The molecule has 4 heteroatoms. The minimum atomic E-state index is -0.811. The largest absolute Gasteiger partial charge is 0.478 e. The van der Waals surface area contributed by atoms with Gasteiger partial charge in [-0.15, -0.1) is 0 Å². The molecule has 0 aliphatic carbocycles. The Morgan fingerprint density at radius 1 is 1.47 bits per heavy atom. The molecule has 19 heavy (non-hydrogen) atoms. The number of carbonyl (C=O) groups is 1. The summed E-state index contributed by atoms with van der Waals surface area (Å²) in [5, 5.41) is 9.21. The number of fused-ring (bicyclic) bond motifs is 1. The summed E-state index contributed by atoms with van der Waals surface area (Å²) in [5.41, 5.74) is 2.67. The molecule has 1 N–H and O–H groups in total. The molecular weight excluding hydrogens is 242 g/mol. The first-order valence-corrected chi connectivity index (χ1v) is 6.88. The standard InChI is InChI=1S/C15H19NO3/c17-15(18)14-3-1-2-12-9-16(6-4-13(12)14)8-11-5-7-19-10-11/h1-3,11H,4-10H2,(H,17,18). The summed E-state index contributed by atoms with van der Waals surface area (Å²) in [6.45, 7) is 4.65. The molecule has 1 aromatic rings. The maximum Gasteiger partial charge on any atom is 0.335 e. The minimum absolute atomic E-state index is 0.473. The topological polar surface area (TPSA) is 49.8 Å². The van der Waals surface area contributed by atoms with Crippen LogP contribution >= 0.6 is 0 Å². The van der Waals surface area contributed by atoms with Gasteiger partial charge in [0.25, 0.3) is 0 Å². The van der Waals surface area contributed by atoms with Gasteiger partial charge < -0.3 is 9.84 Å². The molecule has 4 nitrogen and oxygen atoms in total. The van der Waals surface area contributed by atoms with E-state index in [1.165, 1.54) is 5.56 Å². The van der Waals surface area contributed by atoms with E-state index < -0.39 is 5.97 Å². The molecule has 3 rings (SSSR count). The zero-order valence-corrected chi connectivity index (χ0v) is 11.0. The van der Waals surface area contributed by atoms with Gasteiger partial charge in [0.15, 0.2) is 0 Å². The lowest BCUT2D eigenvalue weighted by atomic mass is 9.94. The Morgan fingerprint density at radius 2 is 2.37 bits per heavy atom. The highest BCUT2D eigenvalue weighted by molar-refractivity contribution is 5.89. The SMILES string of the molecule is O=C(O)c1cccc2c1CCN(CC1CCOC1)C2. The van der Waals surface area contributed by atoms with Crippen molar-refractivity contribution in [3.63, 3.8) is 0 Å². The summed E-state index contributed by atoms with van der Waals surface area (Å²) in [5.74, 6) is -0.168. The van der Waals surface area contributed by atoms with Crippen molar-refractivity contribution in [1.82, 2.24) is 4.90 Å². The van der Waals surface area contributed by atoms with Crippen LogP contribution in [0.3, 0.4) is 0 Å². The van der Waals surface area contributed by atoms with Gasteiger partial charge in [0, 0.05) is 26.2 Å². The number of rotatable bonds is 3. The number of carboxylic acid groups (broad SMARTS) is 1. The van der Waals surface area contributed by atoms with Gasteiger partial charge in [-0.25, -0.2) is 4.79 Å². The molecule has 1 unspecified atom stereocenters. The van der Waals surface area contributed by atoms with Crippen LogP contribution in [-0.4, -0.2) is 42.3 Å². The van der Waals surface area contributed by atoms with E-state index in [0.29, 0.717) is 11.5 Å². The van der Waals surface area contributed by atoms with Crippen LogP contribution in [0.5, 0.6) is 0 Å². The second kappa shape index (κ2) is 5.31. The van der Waals surface area contributed by atoms with Crippen molar-refractivity contribution < 1.29 is 14.6 Å². The van der Waals surface area contributed by atoms with Gasteiger partial charge in [0.05, 0.1) is 12.2 Å². The zero-order valence-electron chi connectivity index (χ0n) is 11.0. The quantitative estimate of drug-likeness (QED) is 0.901. The molecule has 0 saturated carbocycles. The van der Waals surface area contributed by atoms with Crippen molar-refractivity contribution in [2.75, 3.05) is 26.3 Å². The van der Waals surface area contributed by atoms with Crippen LogP contribution in [-0.2, 0) is 17.7 Å². The maximum atomic E-state index is 11.2. The third-order valence-corrected chi connectivity index (χ3v) is 4.12. The molecule has 0 radical (unpaired) electrons. The van der Waals surface area contributed by atoms with Crippen LogP contribution in [0.1, 0.15) is 27.9 Å². The molecule has 2 aliphatic rings. The van der Waals surface area contributed by atoms with Crippen LogP contribution in [0.15, 0.2) is 18.2 Å². The fraction of sp³-hybridized carbons (Fsp3) is 0.533. The number of hydrogen-bond acceptors (Lipinski definition) is 3. The highest BCUT2D eigenvalue weighted by atomic mass is 16.5. The summed E-state index contributed by atoms with van der Waals surface area (Å²) < 4.78 is 5.41. The average Bonchev–Trinajstić information content (AvgIpc) is 2.90. The highest BCUT2D eigenvalue weighted by Gasteiger charge is 2.24. The van der Waals surface area contributed by atoms with Crippen molar-refractivity contribution in [3.8, 4) is 0 Å². The van der Waals surface area contributed by atoms with Gasteiger partial charge >= 0.3 is 5.97 Å². The Kier molecular flexibility index (Phi) is 3.53. The van der Waals surface area contributed by atoms with Crippen molar-refractivity contribution in [3.05, 3.63) is 34.9 Å². The number of benzene rings is 1. The number of aromatic carboxylic acids is 1. The van der Waals surface area contributed by atoms with E-state index in [2.05, 4.69) is 11.0 Å². The second-order valence-corrected chi connectivity index (χ2v) is 5.46. The Morgan fingerprint density at radius 3 is 3.11 bits per heavy atom. The average molecular weight is 261 g/mol. The number of hydrogen-bond donors (Lipinski definition) is 1. The Balaban J connectivity index is 1.73. The third kappa shape index (κ3) is 2.65. The highest BCUT2D eigenvalue weighted by Crippen LogP contribution is 2.24. The van der Waals surface area contributed by atoms with Crippen LogP contribution in [0.4, 0.5) is 0 Å². The van der Waals surface area contributed by atoms with Gasteiger partial charge in [-0.3, -0.25) is 4.90 Å². The molecule has 0 aromatic heterocycles. The second-order valence-electron chi connectivity index (χ2n) is 5.46. The lowest BCUT2D eigenvalue weighted by molar-refractivity contribution is 0.0694.